The van der Waals surface area contributed by atoms with E-state index in [-0.39, 0.29) is 17.0 Å². The standard InChI is InChI=1S/C20H18O8.C4H5NO2/c1-11-3-7-13(8-4-11)19(25)27-15(17(21)22)16(18(23)24)28-20(26)14-9-5-12(2)6-10-14;6-4-2-1-3-7-5-4/h3-10,15-16H,1-2H3,(H,21,22)(H,23,24);1,3H,2H2,(H,5,6)/t15-,16-;/m0./s1. The van der Waals surface area contributed by atoms with Crippen LogP contribution < -0.4 is 5.48 Å². The minimum atomic E-state index is -2.22. The number of aliphatic carboxylic acids is 2. The van der Waals surface area contributed by atoms with Crippen LogP contribution in [-0.2, 0) is 28.7 Å². The molecule has 3 N–H and O–H groups in total. The summed E-state index contributed by atoms with van der Waals surface area (Å²) in [7, 11) is 0. The van der Waals surface area contributed by atoms with Crippen molar-refractivity contribution in [1.29, 1.82) is 0 Å². The second kappa shape index (κ2) is 12.5. The van der Waals surface area contributed by atoms with Gasteiger partial charge in [-0.15, -0.1) is 0 Å². The number of benzene rings is 2. The van der Waals surface area contributed by atoms with Crippen molar-refractivity contribution in [2.45, 2.75) is 32.5 Å². The van der Waals surface area contributed by atoms with Gasteiger partial charge in [0, 0.05) is 0 Å². The first-order chi connectivity index (χ1) is 16.6. The molecule has 0 fully saturated rings. The van der Waals surface area contributed by atoms with Crippen LogP contribution in [-0.4, -0.2) is 52.2 Å². The second-order valence-electron chi connectivity index (χ2n) is 7.28. The predicted molar refractivity (Wildman–Crippen MR) is 119 cm³/mol. The van der Waals surface area contributed by atoms with Crippen molar-refractivity contribution >= 4 is 29.8 Å². The minimum absolute atomic E-state index is 0.0332. The molecule has 0 aromatic heterocycles. The largest absolute Gasteiger partial charge is 0.478 e. The van der Waals surface area contributed by atoms with Crippen molar-refractivity contribution in [1.82, 2.24) is 5.48 Å². The smallest absolute Gasteiger partial charge is 0.349 e. The Bertz CT molecular complexity index is 1030. The van der Waals surface area contributed by atoms with Gasteiger partial charge in [0.05, 0.1) is 17.5 Å². The number of esters is 2. The molecule has 0 bridgehead atoms. The average Bonchev–Trinajstić information content (AvgIpc) is 2.82. The molecule has 2 aromatic carbocycles. The fourth-order valence-electron chi connectivity index (χ4n) is 2.57. The zero-order valence-corrected chi connectivity index (χ0v) is 18.8. The van der Waals surface area contributed by atoms with Crippen LogP contribution in [0.25, 0.3) is 0 Å². The van der Waals surface area contributed by atoms with E-state index in [0.29, 0.717) is 6.42 Å². The lowest BCUT2D eigenvalue weighted by molar-refractivity contribution is -0.166. The number of carboxylic acids is 2. The fraction of sp³-hybridized carbons (Fsp3) is 0.208. The lowest BCUT2D eigenvalue weighted by Gasteiger charge is -2.21. The Morgan fingerprint density at radius 3 is 1.46 bits per heavy atom. The van der Waals surface area contributed by atoms with Crippen LogP contribution in [0.2, 0.25) is 0 Å². The van der Waals surface area contributed by atoms with E-state index in [1.165, 1.54) is 30.5 Å². The Hall–Kier alpha value is -4.67. The van der Waals surface area contributed by atoms with Crippen LogP contribution in [0, 0.1) is 13.8 Å². The number of carboxylic acid groups (broad SMARTS) is 2. The summed E-state index contributed by atoms with van der Waals surface area (Å²) >= 11 is 0. The monoisotopic (exact) mass is 485 g/mol. The van der Waals surface area contributed by atoms with Gasteiger partial charge in [0.25, 0.3) is 5.91 Å². The third kappa shape index (κ3) is 8.31. The maximum Gasteiger partial charge on any atom is 0.349 e. The first-order valence-electron chi connectivity index (χ1n) is 10.2. The Morgan fingerprint density at radius 2 is 1.20 bits per heavy atom. The van der Waals surface area contributed by atoms with Gasteiger partial charge in [-0.25, -0.2) is 19.2 Å². The lowest BCUT2D eigenvalue weighted by atomic mass is 10.1. The highest BCUT2D eigenvalue weighted by molar-refractivity contribution is 5.95. The van der Waals surface area contributed by atoms with Gasteiger partial charge >= 0.3 is 23.9 Å². The topological polar surface area (TPSA) is 166 Å². The van der Waals surface area contributed by atoms with Gasteiger partial charge in [0.2, 0.25) is 12.2 Å². The lowest BCUT2D eigenvalue weighted by Crippen LogP contribution is -2.45. The molecule has 1 aliphatic rings. The molecule has 0 spiro atoms. The molecule has 1 amide bonds. The van der Waals surface area contributed by atoms with Gasteiger partial charge < -0.3 is 24.5 Å². The molecule has 35 heavy (non-hydrogen) atoms. The normalized spacial score (nSPS) is 13.6. The van der Waals surface area contributed by atoms with Gasteiger partial charge in [-0.1, -0.05) is 35.4 Å². The number of nitrogens with one attached hydrogen (secondary N) is 1. The summed E-state index contributed by atoms with van der Waals surface area (Å²) in [5.41, 5.74) is 3.95. The highest BCUT2D eigenvalue weighted by Crippen LogP contribution is 2.14. The van der Waals surface area contributed by atoms with E-state index < -0.39 is 36.1 Å². The molecule has 2 aromatic rings. The summed E-state index contributed by atoms with van der Waals surface area (Å²) in [6.45, 7) is 3.58. The van der Waals surface area contributed by atoms with Crippen LogP contribution in [0.15, 0.2) is 60.9 Å². The molecule has 0 aliphatic carbocycles. The summed E-state index contributed by atoms with van der Waals surface area (Å²) in [5.74, 6) is -5.72. The molecular weight excluding hydrogens is 462 g/mol. The zero-order chi connectivity index (χ0) is 26.0. The molecule has 0 saturated heterocycles. The van der Waals surface area contributed by atoms with Crippen molar-refractivity contribution in [3.05, 3.63) is 83.1 Å². The van der Waals surface area contributed by atoms with E-state index in [1.807, 2.05) is 0 Å². The van der Waals surface area contributed by atoms with Gasteiger partial charge in [-0.2, -0.15) is 5.48 Å². The molecule has 3 rings (SSSR count). The van der Waals surface area contributed by atoms with E-state index in [4.69, 9.17) is 9.47 Å². The molecule has 0 radical (unpaired) electrons. The SMILES string of the molecule is Cc1ccc(C(=O)O[C@H](C(=O)O)[C@H](OC(=O)c2ccc(C)cc2)C(=O)O)cc1.O=C1CC=CON1. The quantitative estimate of drug-likeness (QED) is 0.495. The summed E-state index contributed by atoms with van der Waals surface area (Å²) in [6, 6.07) is 12.1. The molecule has 2 atom stereocenters. The van der Waals surface area contributed by atoms with Crippen LogP contribution >= 0.6 is 0 Å². The summed E-state index contributed by atoms with van der Waals surface area (Å²) in [5, 5.41) is 18.6. The zero-order valence-electron chi connectivity index (χ0n) is 18.8. The number of rotatable bonds is 7. The summed E-state index contributed by atoms with van der Waals surface area (Å²) in [4.78, 5) is 61.9. The number of carbonyl (C=O) groups is 5. The van der Waals surface area contributed by atoms with Crippen molar-refractivity contribution in [2.24, 2.45) is 0 Å². The second-order valence-corrected chi connectivity index (χ2v) is 7.28. The maximum atomic E-state index is 12.2. The van der Waals surface area contributed by atoms with Crippen LogP contribution in [0.1, 0.15) is 38.3 Å². The number of ether oxygens (including phenoxy) is 2. The molecule has 0 unspecified atom stereocenters. The van der Waals surface area contributed by atoms with E-state index in [0.717, 1.165) is 11.1 Å². The number of hydrogen-bond acceptors (Lipinski definition) is 8. The van der Waals surface area contributed by atoms with Gasteiger partial charge in [0.1, 0.15) is 6.26 Å². The number of hydroxylamine groups is 1. The molecule has 1 aliphatic heterocycles. The van der Waals surface area contributed by atoms with Crippen LogP contribution in [0.3, 0.4) is 0 Å². The number of aryl methyl sites for hydroxylation is 2. The van der Waals surface area contributed by atoms with Crippen LogP contribution in [0.4, 0.5) is 0 Å². The summed E-state index contributed by atoms with van der Waals surface area (Å²) in [6.07, 6.45) is -0.915. The Balaban J connectivity index is 0.000000527. The van der Waals surface area contributed by atoms with Gasteiger partial charge in [-0.05, 0) is 44.2 Å². The fourth-order valence-corrected chi connectivity index (χ4v) is 2.57. The van der Waals surface area contributed by atoms with E-state index in [2.05, 4.69) is 10.3 Å². The molecule has 11 nitrogen and oxygen atoms in total. The number of amides is 1. The summed E-state index contributed by atoms with van der Waals surface area (Å²) < 4.78 is 9.64. The third-order valence-electron chi connectivity index (χ3n) is 4.44. The van der Waals surface area contributed by atoms with E-state index >= 15 is 0 Å². The first-order valence-corrected chi connectivity index (χ1v) is 10.2. The van der Waals surface area contributed by atoms with E-state index in [1.54, 1.807) is 44.2 Å². The molecule has 184 valence electrons. The van der Waals surface area contributed by atoms with Gasteiger partial charge in [-0.3, -0.25) is 4.79 Å². The average molecular weight is 485 g/mol. The molecule has 1 heterocycles. The van der Waals surface area contributed by atoms with E-state index in [9.17, 15) is 34.2 Å². The van der Waals surface area contributed by atoms with Crippen molar-refractivity contribution < 1.29 is 48.5 Å². The number of carbonyl (C=O) groups excluding carboxylic acids is 3. The highest BCUT2D eigenvalue weighted by atomic mass is 16.6. The molecule has 11 heteroatoms. The number of hydrogen-bond donors (Lipinski definition) is 3. The third-order valence-corrected chi connectivity index (χ3v) is 4.44. The Labute approximate surface area is 199 Å². The predicted octanol–water partition coefficient (Wildman–Crippen LogP) is 2.18. The van der Waals surface area contributed by atoms with Crippen molar-refractivity contribution in [3.8, 4) is 0 Å². The van der Waals surface area contributed by atoms with Crippen molar-refractivity contribution in [3.63, 3.8) is 0 Å². The molecular formula is C24H23NO10. The highest BCUT2D eigenvalue weighted by Gasteiger charge is 2.41. The molecule has 0 saturated carbocycles. The Morgan fingerprint density at radius 1 is 0.800 bits per heavy atom. The minimum Gasteiger partial charge on any atom is -0.478 e. The van der Waals surface area contributed by atoms with Gasteiger partial charge in [0.15, 0.2) is 0 Å². The van der Waals surface area contributed by atoms with Crippen LogP contribution in [0.5, 0.6) is 0 Å². The Kier molecular flexibility index (Phi) is 9.52. The maximum absolute atomic E-state index is 12.2. The van der Waals surface area contributed by atoms with Crippen molar-refractivity contribution in [2.75, 3.05) is 0 Å². The first kappa shape index (κ1) is 26.6.